The number of amides is 1. The second-order valence-electron chi connectivity index (χ2n) is 5.75. The highest BCUT2D eigenvalue weighted by atomic mass is 79.9. The van der Waals surface area contributed by atoms with Crippen LogP contribution in [0.4, 0.5) is 5.69 Å². The first kappa shape index (κ1) is 13.1. The van der Waals surface area contributed by atoms with Crippen molar-refractivity contribution in [3.8, 4) is 0 Å². The summed E-state index contributed by atoms with van der Waals surface area (Å²) in [6.45, 7) is 2.31. The van der Waals surface area contributed by atoms with Crippen molar-refractivity contribution in [2.24, 2.45) is 5.92 Å². The van der Waals surface area contributed by atoms with Crippen molar-refractivity contribution in [3.05, 3.63) is 28.2 Å². The first-order valence-electron chi connectivity index (χ1n) is 7.00. The Morgan fingerprint density at radius 1 is 1.26 bits per heavy atom. The highest BCUT2D eigenvalue weighted by molar-refractivity contribution is 9.10. The molecule has 1 aliphatic carbocycles. The summed E-state index contributed by atoms with van der Waals surface area (Å²) in [7, 11) is 0. The van der Waals surface area contributed by atoms with Gasteiger partial charge in [-0.15, -0.1) is 0 Å². The molecule has 0 radical (unpaired) electrons. The van der Waals surface area contributed by atoms with E-state index in [-0.39, 0.29) is 11.9 Å². The van der Waals surface area contributed by atoms with Crippen molar-refractivity contribution in [2.45, 2.75) is 44.7 Å². The molecular weight excluding hydrogens is 304 g/mol. The summed E-state index contributed by atoms with van der Waals surface area (Å²) in [5.74, 6) is 0.898. The van der Waals surface area contributed by atoms with Crippen LogP contribution in [0.5, 0.6) is 0 Å². The molecule has 19 heavy (non-hydrogen) atoms. The van der Waals surface area contributed by atoms with E-state index in [1.165, 1.54) is 25.7 Å². The third-order valence-corrected chi connectivity index (χ3v) is 4.97. The van der Waals surface area contributed by atoms with Crippen LogP contribution < -0.4 is 10.6 Å². The van der Waals surface area contributed by atoms with Crippen molar-refractivity contribution in [3.63, 3.8) is 0 Å². The molecule has 3 nitrogen and oxygen atoms in total. The summed E-state index contributed by atoms with van der Waals surface area (Å²) in [6.07, 6.45) is 4.86. The van der Waals surface area contributed by atoms with Gasteiger partial charge in [-0.3, -0.25) is 10.1 Å². The van der Waals surface area contributed by atoms with Gasteiger partial charge in [-0.2, -0.15) is 0 Å². The molecule has 1 heterocycles. The standard InChI is InChI=1S/C15H19BrN2O/c1-9-5-7-10(8-6-9)17-14-13-11(16)3-2-4-12(13)18-15(14)19/h2-4,9-10,14,17H,5-8H2,1H3,(H,18,19). The molecule has 102 valence electrons. The van der Waals surface area contributed by atoms with Crippen molar-refractivity contribution >= 4 is 27.5 Å². The van der Waals surface area contributed by atoms with Crippen LogP contribution in [-0.2, 0) is 4.79 Å². The lowest BCUT2D eigenvalue weighted by atomic mass is 9.87. The summed E-state index contributed by atoms with van der Waals surface area (Å²) in [5, 5.41) is 6.50. The maximum atomic E-state index is 12.1. The molecule has 1 unspecified atom stereocenters. The summed E-state index contributed by atoms with van der Waals surface area (Å²) in [6, 6.07) is 6.17. The van der Waals surface area contributed by atoms with E-state index in [9.17, 15) is 4.79 Å². The van der Waals surface area contributed by atoms with Crippen LogP contribution in [0.3, 0.4) is 0 Å². The van der Waals surface area contributed by atoms with Gasteiger partial charge in [0.2, 0.25) is 5.91 Å². The lowest BCUT2D eigenvalue weighted by molar-refractivity contribution is -0.118. The Labute approximate surface area is 122 Å². The molecule has 0 spiro atoms. The molecule has 0 aromatic heterocycles. The molecule has 1 saturated carbocycles. The number of hydrogen-bond donors (Lipinski definition) is 2. The fourth-order valence-corrected chi connectivity index (χ4v) is 3.69. The van der Waals surface area contributed by atoms with E-state index < -0.39 is 0 Å². The largest absolute Gasteiger partial charge is 0.324 e. The number of carbonyl (C=O) groups is 1. The maximum absolute atomic E-state index is 12.1. The van der Waals surface area contributed by atoms with Gasteiger partial charge in [-0.05, 0) is 43.7 Å². The van der Waals surface area contributed by atoms with Crippen LogP contribution in [0.2, 0.25) is 0 Å². The second-order valence-corrected chi connectivity index (χ2v) is 6.60. The average molecular weight is 323 g/mol. The number of anilines is 1. The zero-order valence-electron chi connectivity index (χ0n) is 11.1. The molecule has 1 amide bonds. The van der Waals surface area contributed by atoms with Gasteiger partial charge in [-0.25, -0.2) is 0 Å². The van der Waals surface area contributed by atoms with E-state index in [1.54, 1.807) is 0 Å². The quantitative estimate of drug-likeness (QED) is 0.873. The van der Waals surface area contributed by atoms with Crippen molar-refractivity contribution in [1.29, 1.82) is 0 Å². The van der Waals surface area contributed by atoms with Crippen LogP contribution in [0.1, 0.15) is 44.2 Å². The number of benzene rings is 1. The van der Waals surface area contributed by atoms with Gasteiger partial charge in [0, 0.05) is 21.8 Å². The number of hydrogen-bond acceptors (Lipinski definition) is 2. The highest BCUT2D eigenvalue weighted by Crippen LogP contribution is 2.37. The Balaban J connectivity index is 1.77. The van der Waals surface area contributed by atoms with E-state index in [4.69, 9.17) is 0 Å². The molecule has 0 bridgehead atoms. The Kier molecular flexibility index (Phi) is 3.63. The molecule has 4 heteroatoms. The van der Waals surface area contributed by atoms with Crippen molar-refractivity contribution in [1.82, 2.24) is 5.32 Å². The lowest BCUT2D eigenvalue weighted by Gasteiger charge is -2.29. The SMILES string of the molecule is CC1CCC(NC2C(=O)Nc3cccc(Br)c32)CC1. The zero-order chi connectivity index (χ0) is 13.4. The molecule has 1 atom stereocenters. The normalized spacial score (nSPS) is 30.0. The first-order chi connectivity index (χ1) is 9.15. The third kappa shape index (κ3) is 2.56. The van der Waals surface area contributed by atoms with Crippen LogP contribution in [0.25, 0.3) is 0 Å². The monoisotopic (exact) mass is 322 g/mol. The Morgan fingerprint density at radius 3 is 2.74 bits per heavy atom. The zero-order valence-corrected chi connectivity index (χ0v) is 12.7. The summed E-state index contributed by atoms with van der Waals surface area (Å²) in [5.41, 5.74) is 1.99. The smallest absolute Gasteiger partial charge is 0.246 e. The van der Waals surface area contributed by atoms with Crippen molar-refractivity contribution < 1.29 is 4.79 Å². The van der Waals surface area contributed by atoms with Crippen LogP contribution >= 0.6 is 15.9 Å². The predicted molar refractivity (Wildman–Crippen MR) is 80.1 cm³/mol. The lowest BCUT2D eigenvalue weighted by Crippen LogP contribution is -2.38. The van der Waals surface area contributed by atoms with Gasteiger partial charge in [0.25, 0.3) is 0 Å². The average Bonchev–Trinajstić information content (AvgIpc) is 2.70. The molecular formula is C15H19BrN2O. The minimum atomic E-state index is -0.205. The predicted octanol–water partition coefficient (Wildman–Crippen LogP) is 3.61. The van der Waals surface area contributed by atoms with Gasteiger partial charge in [0.15, 0.2) is 0 Å². The number of fused-ring (bicyclic) bond motifs is 1. The molecule has 3 rings (SSSR count). The van der Waals surface area contributed by atoms with Crippen molar-refractivity contribution in [2.75, 3.05) is 5.32 Å². The van der Waals surface area contributed by atoms with E-state index in [2.05, 4.69) is 33.5 Å². The second kappa shape index (κ2) is 5.25. The van der Waals surface area contributed by atoms with E-state index in [1.807, 2.05) is 18.2 Å². The molecule has 2 N–H and O–H groups in total. The first-order valence-corrected chi connectivity index (χ1v) is 7.80. The van der Waals surface area contributed by atoms with Gasteiger partial charge in [0.05, 0.1) is 0 Å². The number of halogens is 1. The summed E-state index contributed by atoms with van der Waals surface area (Å²) >= 11 is 3.56. The minimum absolute atomic E-state index is 0.0699. The molecule has 1 aromatic rings. The summed E-state index contributed by atoms with van der Waals surface area (Å²) < 4.78 is 1.00. The van der Waals surface area contributed by atoms with Crippen LogP contribution in [-0.4, -0.2) is 11.9 Å². The Morgan fingerprint density at radius 2 is 2.00 bits per heavy atom. The molecule has 1 fully saturated rings. The third-order valence-electron chi connectivity index (χ3n) is 4.28. The van der Waals surface area contributed by atoms with Gasteiger partial charge < -0.3 is 5.32 Å². The van der Waals surface area contributed by atoms with E-state index in [0.29, 0.717) is 6.04 Å². The van der Waals surface area contributed by atoms with Crippen LogP contribution in [0.15, 0.2) is 22.7 Å². The number of carbonyl (C=O) groups excluding carboxylic acids is 1. The van der Waals surface area contributed by atoms with E-state index in [0.717, 1.165) is 21.6 Å². The Bertz CT molecular complexity index is 495. The van der Waals surface area contributed by atoms with Gasteiger partial charge >= 0.3 is 0 Å². The molecule has 1 aliphatic heterocycles. The topological polar surface area (TPSA) is 41.1 Å². The fourth-order valence-electron chi connectivity index (χ4n) is 3.10. The van der Waals surface area contributed by atoms with E-state index >= 15 is 0 Å². The van der Waals surface area contributed by atoms with Gasteiger partial charge in [-0.1, -0.05) is 28.9 Å². The number of rotatable bonds is 2. The number of nitrogens with one attached hydrogen (secondary N) is 2. The van der Waals surface area contributed by atoms with Crippen LogP contribution in [0, 0.1) is 5.92 Å². The summed E-state index contributed by atoms with van der Waals surface area (Å²) in [4.78, 5) is 12.1. The Hall–Kier alpha value is -0.870. The van der Waals surface area contributed by atoms with Gasteiger partial charge in [0.1, 0.15) is 6.04 Å². The maximum Gasteiger partial charge on any atom is 0.246 e. The fraction of sp³-hybridized carbons (Fsp3) is 0.533. The molecule has 0 saturated heterocycles. The molecule has 1 aromatic carbocycles. The molecule has 2 aliphatic rings. The minimum Gasteiger partial charge on any atom is -0.324 e. The highest BCUT2D eigenvalue weighted by Gasteiger charge is 2.34.